The molecule has 2 heterocycles. The number of nitrogens with zero attached hydrogens (tertiary/aromatic N) is 4. The van der Waals surface area contributed by atoms with Crippen LogP contribution in [0.4, 0.5) is 10.5 Å². The SMILES string of the molecule is CCN(C(=O)[O-])[C@@H]1C[C@H](C)[N+](C)(C(C)=O)c2ccc(-c3nc(CCNC)no3)cc21. The van der Waals surface area contributed by atoms with E-state index in [0.717, 1.165) is 17.8 Å². The molecule has 0 fully saturated rings. The molecule has 9 nitrogen and oxygen atoms in total. The van der Waals surface area contributed by atoms with E-state index in [1.807, 2.05) is 39.2 Å². The first-order valence-electron chi connectivity index (χ1n) is 10.2. The van der Waals surface area contributed by atoms with Gasteiger partial charge in [0, 0.05) is 43.1 Å². The molecule has 3 atom stereocenters. The number of quaternary nitrogens is 1. The molecule has 0 radical (unpaired) electrons. The van der Waals surface area contributed by atoms with Crippen molar-refractivity contribution in [2.45, 2.75) is 45.7 Å². The number of fused-ring (bicyclic) bond motifs is 1. The van der Waals surface area contributed by atoms with Crippen molar-refractivity contribution < 1.29 is 19.2 Å². The second-order valence-electron chi connectivity index (χ2n) is 7.89. The summed E-state index contributed by atoms with van der Waals surface area (Å²) in [6.45, 7) is 6.34. The number of nitrogens with one attached hydrogen (secondary N) is 1. The quantitative estimate of drug-likeness (QED) is 0.711. The van der Waals surface area contributed by atoms with E-state index in [2.05, 4.69) is 15.5 Å². The average Bonchev–Trinajstić information content (AvgIpc) is 3.18. The molecule has 1 aromatic heterocycles. The first kappa shape index (κ1) is 21.9. The summed E-state index contributed by atoms with van der Waals surface area (Å²) in [5, 5.41) is 18.8. The first-order chi connectivity index (χ1) is 14.2. The summed E-state index contributed by atoms with van der Waals surface area (Å²) in [5.41, 5.74) is 2.25. The standard InChI is InChI=1S/C21H29N5O4/c1-6-25(21(28)29)17-11-13(2)26(5,14(3)27)18-8-7-15(12-16(17)18)20-23-19(24-30-20)9-10-22-4/h7-8,12-13,17,22H,6,9-11H2,1-5H3/t13-,17+,26?/m0/s1. The van der Waals surface area contributed by atoms with Crippen LogP contribution in [-0.2, 0) is 11.2 Å². The van der Waals surface area contributed by atoms with Gasteiger partial charge in [-0.05, 0) is 33.0 Å². The van der Waals surface area contributed by atoms with Gasteiger partial charge in [-0.1, -0.05) is 5.16 Å². The molecule has 0 bridgehead atoms. The van der Waals surface area contributed by atoms with Crippen molar-refractivity contribution in [1.29, 1.82) is 0 Å². The van der Waals surface area contributed by atoms with Crippen molar-refractivity contribution in [3.8, 4) is 11.5 Å². The van der Waals surface area contributed by atoms with Gasteiger partial charge >= 0.3 is 5.91 Å². The number of carbonyl (C=O) groups is 2. The van der Waals surface area contributed by atoms with E-state index in [1.54, 1.807) is 13.8 Å². The maximum atomic E-state index is 12.6. The monoisotopic (exact) mass is 415 g/mol. The van der Waals surface area contributed by atoms with Gasteiger partial charge in [-0.2, -0.15) is 4.98 Å². The molecule has 9 heteroatoms. The van der Waals surface area contributed by atoms with Crippen LogP contribution in [0.3, 0.4) is 0 Å². The van der Waals surface area contributed by atoms with Gasteiger partial charge in [0.15, 0.2) is 5.82 Å². The molecule has 1 unspecified atom stereocenters. The highest BCUT2D eigenvalue weighted by Gasteiger charge is 2.47. The Balaban J connectivity index is 2.11. The third kappa shape index (κ3) is 3.70. The Hall–Kier alpha value is -2.78. The molecule has 1 aliphatic rings. The topological polar surface area (TPSA) is 111 Å². The van der Waals surface area contributed by atoms with Gasteiger partial charge in [-0.15, -0.1) is 0 Å². The van der Waals surface area contributed by atoms with E-state index in [-0.39, 0.29) is 16.4 Å². The van der Waals surface area contributed by atoms with Crippen LogP contribution in [0.25, 0.3) is 11.5 Å². The molecule has 30 heavy (non-hydrogen) atoms. The molecule has 1 N–H and O–H groups in total. The van der Waals surface area contributed by atoms with Crippen LogP contribution in [0.15, 0.2) is 22.7 Å². The number of rotatable bonds is 6. The zero-order valence-electron chi connectivity index (χ0n) is 18.1. The fraction of sp³-hybridized carbons (Fsp3) is 0.524. The average molecular weight is 415 g/mol. The number of amides is 2. The summed E-state index contributed by atoms with van der Waals surface area (Å²) in [4.78, 5) is 30.2. The van der Waals surface area contributed by atoms with Crippen molar-refractivity contribution in [3.63, 3.8) is 0 Å². The lowest BCUT2D eigenvalue weighted by molar-refractivity contribution is -0.268. The zero-order valence-corrected chi connectivity index (χ0v) is 18.1. The molecule has 1 aliphatic heterocycles. The van der Waals surface area contributed by atoms with Crippen LogP contribution in [0.5, 0.6) is 0 Å². The number of carboxylic acid groups (broad SMARTS) is 1. The van der Waals surface area contributed by atoms with Crippen LogP contribution in [0.1, 0.15) is 44.6 Å². The summed E-state index contributed by atoms with van der Waals surface area (Å²) in [6.07, 6.45) is -0.0818. The fourth-order valence-electron chi connectivity index (χ4n) is 4.24. The predicted octanol–water partition coefficient (Wildman–Crippen LogP) is 1.48. The lowest BCUT2D eigenvalue weighted by atomic mass is 9.87. The maximum absolute atomic E-state index is 12.6. The molecular formula is C21H29N5O4. The third-order valence-electron chi connectivity index (χ3n) is 6.25. The van der Waals surface area contributed by atoms with Gasteiger partial charge in [-0.3, -0.25) is 0 Å². The molecule has 0 aliphatic carbocycles. The minimum Gasteiger partial charge on any atom is -0.530 e. The van der Waals surface area contributed by atoms with Crippen molar-refractivity contribution in [2.24, 2.45) is 0 Å². The molecule has 2 amide bonds. The Labute approximate surface area is 176 Å². The van der Waals surface area contributed by atoms with Crippen molar-refractivity contribution >= 4 is 17.7 Å². The van der Waals surface area contributed by atoms with E-state index in [0.29, 0.717) is 36.7 Å². The van der Waals surface area contributed by atoms with E-state index in [4.69, 9.17) is 4.52 Å². The van der Waals surface area contributed by atoms with Crippen molar-refractivity contribution in [1.82, 2.24) is 24.8 Å². The normalized spacial score (nSPS) is 23.1. The molecule has 0 saturated carbocycles. The predicted molar refractivity (Wildman–Crippen MR) is 110 cm³/mol. The van der Waals surface area contributed by atoms with Gasteiger partial charge in [0.1, 0.15) is 11.8 Å². The molecule has 162 valence electrons. The fourth-order valence-corrected chi connectivity index (χ4v) is 4.24. The first-order valence-corrected chi connectivity index (χ1v) is 10.2. The molecule has 0 saturated heterocycles. The summed E-state index contributed by atoms with van der Waals surface area (Å²) in [7, 11) is 3.73. The number of aromatic nitrogens is 2. The van der Waals surface area contributed by atoms with Crippen molar-refractivity contribution in [3.05, 3.63) is 29.6 Å². The van der Waals surface area contributed by atoms with Gasteiger partial charge in [0.2, 0.25) is 0 Å². The minimum atomic E-state index is -1.22. The number of benzene rings is 1. The Kier molecular flexibility index (Phi) is 6.23. The lowest BCUT2D eigenvalue weighted by Gasteiger charge is -2.46. The number of hydrogen-bond acceptors (Lipinski definition) is 7. The van der Waals surface area contributed by atoms with Crippen LogP contribution in [0.2, 0.25) is 0 Å². The number of hydrogen-bond donors (Lipinski definition) is 1. The molecule has 3 rings (SSSR count). The summed E-state index contributed by atoms with van der Waals surface area (Å²) in [5.74, 6) is 0.963. The van der Waals surface area contributed by atoms with Crippen LogP contribution in [0, 0.1) is 0 Å². The Bertz CT molecular complexity index is 943. The largest absolute Gasteiger partial charge is 0.530 e. The van der Waals surface area contributed by atoms with Crippen LogP contribution < -0.4 is 14.9 Å². The van der Waals surface area contributed by atoms with Gasteiger partial charge in [-0.25, -0.2) is 9.28 Å². The van der Waals surface area contributed by atoms with Crippen LogP contribution >= 0.6 is 0 Å². The van der Waals surface area contributed by atoms with Crippen LogP contribution in [-0.4, -0.2) is 60.3 Å². The summed E-state index contributed by atoms with van der Waals surface area (Å²) >= 11 is 0. The molecule has 2 aromatic rings. The Morgan fingerprint density at radius 1 is 1.40 bits per heavy atom. The highest BCUT2D eigenvalue weighted by atomic mass is 16.5. The molecule has 0 spiro atoms. The van der Waals surface area contributed by atoms with E-state index < -0.39 is 12.1 Å². The second kappa shape index (κ2) is 8.53. The van der Waals surface area contributed by atoms with Gasteiger partial charge in [0.25, 0.3) is 5.89 Å². The third-order valence-corrected chi connectivity index (χ3v) is 6.25. The Morgan fingerprint density at radius 3 is 2.73 bits per heavy atom. The zero-order chi connectivity index (χ0) is 22.1. The van der Waals surface area contributed by atoms with E-state index in [1.165, 1.54) is 4.90 Å². The lowest BCUT2D eigenvalue weighted by Crippen LogP contribution is -2.60. The summed E-state index contributed by atoms with van der Waals surface area (Å²) in [6, 6.07) is 5.08. The number of likely N-dealkylation sites (N-methyl/N-ethyl adjacent to an activating group) is 1. The van der Waals surface area contributed by atoms with Crippen molar-refractivity contribution in [2.75, 3.05) is 27.2 Å². The van der Waals surface area contributed by atoms with E-state index in [9.17, 15) is 14.7 Å². The summed E-state index contributed by atoms with van der Waals surface area (Å²) < 4.78 is 5.53. The smallest absolute Gasteiger partial charge is 0.315 e. The molecule has 1 aromatic carbocycles. The van der Waals surface area contributed by atoms with E-state index >= 15 is 0 Å². The molecular weight excluding hydrogens is 386 g/mol. The highest BCUT2D eigenvalue weighted by Crippen LogP contribution is 2.45. The number of carbonyl (C=O) groups excluding carboxylic acids is 2. The Morgan fingerprint density at radius 2 is 2.13 bits per heavy atom. The highest BCUT2D eigenvalue weighted by molar-refractivity contribution is 5.89. The minimum absolute atomic E-state index is 0.00130. The second-order valence-corrected chi connectivity index (χ2v) is 7.89. The van der Waals surface area contributed by atoms with Gasteiger partial charge < -0.3 is 24.6 Å². The maximum Gasteiger partial charge on any atom is 0.315 e. The van der Waals surface area contributed by atoms with Gasteiger partial charge in [0.05, 0.1) is 26.1 Å².